The number of hydrogen-bond acceptors (Lipinski definition) is 4. The normalized spacial score (nSPS) is 10.1. The van der Waals surface area contributed by atoms with Crippen molar-refractivity contribution in [2.75, 3.05) is 17.7 Å². The summed E-state index contributed by atoms with van der Waals surface area (Å²) in [6.45, 7) is 0. The average Bonchev–Trinajstić information content (AvgIpc) is 3.10. The predicted molar refractivity (Wildman–Crippen MR) is 87.0 cm³/mol. The van der Waals surface area contributed by atoms with Gasteiger partial charge < -0.3 is 15.4 Å². The summed E-state index contributed by atoms with van der Waals surface area (Å²) in [5, 5.41) is 5.46. The molecule has 0 unspecified atom stereocenters. The molecule has 7 nitrogen and oxygen atoms in total. The first-order valence-corrected chi connectivity index (χ1v) is 6.91. The van der Waals surface area contributed by atoms with Gasteiger partial charge in [-0.1, -0.05) is 6.07 Å². The summed E-state index contributed by atoms with van der Waals surface area (Å²) >= 11 is 0. The van der Waals surface area contributed by atoms with Gasteiger partial charge in [0.1, 0.15) is 17.9 Å². The number of carbonyl (C=O) groups is 1. The van der Waals surface area contributed by atoms with Crippen LogP contribution < -0.4 is 15.4 Å². The Bertz CT molecular complexity index is 784. The summed E-state index contributed by atoms with van der Waals surface area (Å²) in [5.74, 6) is 1.40. The highest BCUT2D eigenvalue weighted by atomic mass is 16.5. The van der Waals surface area contributed by atoms with E-state index in [0.717, 1.165) is 5.82 Å². The Morgan fingerprint density at radius 2 is 2.04 bits per heavy atom. The fourth-order valence-electron chi connectivity index (χ4n) is 2.00. The van der Waals surface area contributed by atoms with Crippen LogP contribution in [0.5, 0.6) is 5.75 Å². The molecule has 3 aromatic rings. The van der Waals surface area contributed by atoms with Crippen LogP contribution >= 0.6 is 0 Å². The number of benzene rings is 1. The second-order valence-electron chi connectivity index (χ2n) is 4.69. The monoisotopic (exact) mass is 309 g/mol. The highest BCUT2D eigenvalue weighted by molar-refractivity contribution is 5.99. The first kappa shape index (κ1) is 14.6. The van der Waals surface area contributed by atoms with Crippen molar-refractivity contribution in [1.82, 2.24) is 14.5 Å². The molecule has 2 N–H and O–H groups in total. The lowest BCUT2D eigenvalue weighted by molar-refractivity contribution is 0.262. The Kier molecular flexibility index (Phi) is 4.19. The first-order valence-electron chi connectivity index (χ1n) is 6.91. The van der Waals surface area contributed by atoms with Crippen LogP contribution in [0.2, 0.25) is 0 Å². The lowest BCUT2D eigenvalue weighted by atomic mass is 10.3. The van der Waals surface area contributed by atoms with E-state index in [1.807, 2.05) is 6.07 Å². The molecule has 2 heterocycles. The third kappa shape index (κ3) is 3.65. The Hall–Kier alpha value is -3.35. The minimum atomic E-state index is -0.351. The van der Waals surface area contributed by atoms with Crippen LogP contribution in [0.4, 0.5) is 16.2 Å². The summed E-state index contributed by atoms with van der Waals surface area (Å²) in [6.07, 6.45) is 6.71. The maximum Gasteiger partial charge on any atom is 0.323 e. The predicted octanol–water partition coefficient (Wildman–Crippen LogP) is 2.92. The second kappa shape index (κ2) is 6.61. The number of imidazole rings is 1. The molecule has 23 heavy (non-hydrogen) atoms. The molecular weight excluding hydrogens is 294 g/mol. The molecule has 2 amide bonds. The summed E-state index contributed by atoms with van der Waals surface area (Å²) < 4.78 is 6.89. The van der Waals surface area contributed by atoms with Gasteiger partial charge in [0.2, 0.25) is 0 Å². The number of aromatic nitrogens is 3. The Morgan fingerprint density at radius 1 is 1.17 bits per heavy atom. The number of nitrogens with zero attached hydrogens (tertiary/aromatic N) is 3. The molecule has 0 aliphatic rings. The van der Waals surface area contributed by atoms with Crippen LogP contribution in [-0.4, -0.2) is 27.7 Å². The number of methoxy groups -OCH3 is 1. The van der Waals surface area contributed by atoms with Gasteiger partial charge in [0, 0.05) is 24.1 Å². The second-order valence-corrected chi connectivity index (χ2v) is 4.69. The van der Waals surface area contributed by atoms with E-state index < -0.39 is 0 Å². The summed E-state index contributed by atoms with van der Waals surface area (Å²) in [7, 11) is 1.58. The number of anilines is 2. The zero-order valence-electron chi connectivity index (χ0n) is 12.4. The third-order valence-corrected chi connectivity index (χ3v) is 3.10. The van der Waals surface area contributed by atoms with E-state index in [9.17, 15) is 4.79 Å². The van der Waals surface area contributed by atoms with Crippen LogP contribution in [-0.2, 0) is 0 Å². The van der Waals surface area contributed by atoms with Crippen molar-refractivity contribution in [2.24, 2.45) is 0 Å². The van der Waals surface area contributed by atoms with E-state index in [-0.39, 0.29) is 6.03 Å². The fraction of sp³-hybridized carbons (Fsp3) is 0.0625. The van der Waals surface area contributed by atoms with Gasteiger partial charge in [-0.2, -0.15) is 0 Å². The Morgan fingerprint density at radius 3 is 2.74 bits per heavy atom. The summed E-state index contributed by atoms with van der Waals surface area (Å²) in [5.41, 5.74) is 1.24. The van der Waals surface area contributed by atoms with Crippen molar-refractivity contribution in [3.05, 3.63) is 61.3 Å². The molecule has 0 bridgehead atoms. The molecule has 1 aromatic carbocycles. The van der Waals surface area contributed by atoms with Crippen molar-refractivity contribution >= 4 is 17.4 Å². The lowest BCUT2D eigenvalue weighted by Gasteiger charge is -2.09. The van der Waals surface area contributed by atoms with E-state index >= 15 is 0 Å². The van der Waals surface area contributed by atoms with Gasteiger partial charge in [0.05, 0.1) is 19.0 Å². The van der Waals surface area contributed by atoms with Gasteiger partial charge in [-0.05, 0) is 24.3 Å². The zero-order valence-corrected chi connectivity index (χ0v) is 12.4. The van der Waals surface area contributed by atoms with E-state index in [1.54, 1.807) is 66.9 Å². The maximum absolute atomic E-state index is 12.0. The minimum Gasteiger partial charge on any atom is -0.497 e. The minimum absolute atomic E-state index is 0.351. The highest BCUT2D eigenvalue weighted by Gasteiger charge is 2.04. The van der Waals surface area contributed by atoms with E-state index in [2.05, 4.69) is 20.6 Å². The number of pyridine rings is 1. The van der Waals surface area contributed by atoms with Crippen LogP contribution in [0.3, 0.4) is 0 Å². The van der Waals surface area contributed by atoms with Gasteiger partial charge in [0.15, 0.2) is 0 Å². The molecule has 7 heteroatoms. The van der Waals surface area contributed by atoms with Crippen LogP contribution in [0.1, 0.15) is 0 Å². The number of nitrogens with one attached hydrogen (secondary N) is 2. The zero-order chi connectivity index (χ0) is 16.1. The van der Waals surface area contributed by atoms with Gasteiger partial charge in [-0.3, -0.25) is 4.57 Å². The smallest absolute Gasteiger partial charge is 0.323 e. The number of urea groups is 1. The van der Waals surface area contributed by atoms with Gasteiger partial charge >= 0.3 is 6.03 Å². The molecule has 3 rings (SSSR count). The number of carbonyl (C=O) groups excluding carboxylic acids is 1. The lowest BCUT2D eigenvalue weighted by Crippen LogP contribution is -2.19. The van der Waals surface area contributed by atoms with Crippen molar-refractivity contribution in [2.45, 2.75) is 0 Å². The Labute approximate surface area is 133 Å². The molecule has 116 valence electrons. The van der Waals surface area contributed by atoms with Crippen molar-refractivity contribution in [1.29, 1.82) is 0 Å². The molecule has 0 atom stereocenters. The summed E-state index contributed by atoms with van der Waals surface area (Å²) in [4.78, 5) is 20.2. The standard InChI is InChI=1S/C16H15N5O2/c1-23-14-4-2-3-12(9-14)19-16(22)20-13-5-6-15(18-10-13)21-8-7-17-11-21/h2-11H,1H3,(H2,19,20,22). The third-order valence-electron chi connectivity index (χ3n) is 3.10. The van der Waals surface area contributed by atoms with E-state index in [1.165, 1.54) is 0 Å². The van der Waals surface area contributed by atoms with Gasteiger partial charge in [-0.25, -0.2) is 14.8 Å². The van der Waals surface area contributed by atoms with Crippen LogP contribution in [0.15, 0.2) is 61.3 Å². The summed E-state index contributed by atoms with van der Waals surface area (Å²) in [6, 6.07) is 10.3. The molecule has 0 spiro atoms. The van der Waals surface area contributed by atoms with Crippen LogP contribution in [0.25, 0.3) is 5.82 Å². The van der Waals surface area contributed by atoms with E-state index in [0.29, 0.717) is 17.1 Å². The molecule has 0 aliphatic heterocycles. The molecule has 0 saturated heterocycles. The number of ether oxygens (including phenoxy) is 1. The fourth-order valence-corrected chi connectivity index (χ4v) is 2.00. The largest absolute Gasteiger partial charge is 0.497 e. The van der Waals surface area contributed by atoms with Crippen molar-refractivity contribution < 1.29 is 9.53 Å². The SMILES string of the molecule is COc1cccc(NC(=O)Nc2ccc(-n3ccnc3)nc2)c1. The molecule has 0 saturated carbocycles. The van der Waals surface area contributed by atoms with E-state index in [4.69, 9.17) is 4.74 Å². The molecular formula is C16H15N5O2. The average molecular weight is 309 g/mol. The Balaban J connectivity index is 1.63. The molecule has 0 aliphatic carbocycles. The quantitative estimate of drug-likeness (QED) is 0.776. The van der Waals surface area contributed by atoms with Gasteiger partial charge in [-0.15, -0.1) is 0 Å². The molecule has 2 aromatic heterocycles. The maximum atomic E-state index is 12.0. The first-order chi connectivity index (χ1) is 11.2. The number of hydrogen-bond donors (Lipinski definition) is 2. The van der Waals surface area contributed by atoms with Crippen LogP contribution in [0, 0.1) is 0 Å². The number of amides is 2. The van der Waals surface area contributed by atoms with Crippen molar-refractivity contribution in [3.8, 4) is 11.6 Å². The molecule has 0 fully saturated rings. The van der Waals surface area contributed by atoms with Crippen molar-refractivity contribution in [3.63, 3.8) is 0 Å². The molecule has 0 radical (unpaired) electrons. The topological polar surface area (TPSA) is 81.1 Å². The number of rotatable bonds is 4. The van der Waals surface area contributed by atoms with Gasteiger partial charge in [0.25, 0.3) is 0 Å². The highest BCUT2D eigenvalue weighted by Crippen LogP contribution is 2.17.